The average molecular weight is 263 g/mol. The van der Waals surface area contributed by atoms with Crippen LogP contribution in [-0.4, -0.2) is 61.8 Å². The predicted molar refractivity (Wildman–Crippen MR) is 70.8 cm³/mol. The van der Waals surface area contributed by atoms with Crippen molar-refractivity contribution in [3.63, 3.8) is 0 Å². The van der Waals surface area contributed by atoms with Crippen LogP contribution in [0.5, 0.6) is 0 Å². The van der Waals surface area contributed by atoms with Crippen molar-refractivity contribution in [1.82, 2.24) is 24.6 Å². The second-order valence-electron chi connectivity index (χ2n) is 5.92. The van der Waals surface area contributed by atoms with E-state index in [0.717, 1.165) is 38.9 Å². The molecule has 1 aromatic rings. The van der Waals surface area contributed by atoms with Gasteiger partial charge in [-0.05, 0) is 33.1 Å². The van der Waals surface area contributed by atoms with E-state index in [1.54, 1.807) is 0 Å². The van der Waals surface area contributed by atoms with Crippen molar-refractivity contribution in [3.8, 4) is 0 Å². The Labute approximate surface area is 113 Å². The summed E-state index contributed by atoms with van der Waals surface area (Å²) in [6.45, 7) is 7.35. The smallest absolute Gasteiger partial charge is 0.316 e. The fraction of sp³-hybridized carbons (Fsp3) is 0.769. The lowest BCUT2D eigenvalue weighted by Gasteiger charge is -2.35. The molecule has 2 fully saturated rings. The number of hydrogen-bond acceptors (Lipinski definition) is 4. The van der Waals surface area contributed by atoms with Crippen LogP contribution in [0.15, 0.2) is 12.7 Å². The maximum atomic E-state index is 12.5. The first-order valence-electron chi connectivity index (χ1n) is 7.03. The van der Waals surface area contributed by atoms with Gasteiger partial charge in [0.2, 0.25) is 0 Å². The highest BCUT2D eigenvalue weighted by Crippen LogP contribution is 2.38. The molecule has 0 aliphatic carbocycles. The molecule has 1 aromatic heterocycles. The minimum Gasteiger partial charge on any atom is -0.316 e. The molecule has 0 radical (unpaired) electrons. The van der Waals surface area contributed by atoms with Gasteiger partial charge >= 0.3 is 6.03 Å². The number of rotatable bonds is 1. The first-order chi connectivity index (χ1) is 9.12. The fourth-order valence-electron chi connectivity index (χ4n) is 3.42. The third-order valence-corrected chi connectivity index (χ3v) is 4.53. The van der Waals surface area contributed by atoms with Crippen LogP contribution in [0.2, 0.25) is 0 Å². The van der Waals surface area contributed by atoms with Crippen molar-refractivity contribution in [3.05, 3.63) is 12.7 Å². The average Bonchev–Trinajstić information content (AvgIpc) is 3.10. The molecule has 0 aromatic carbocycles. The number of nitrogens with zero attached hydrogens (tertiary/aromatic N) is 5. The lowest BCUT2D eigenvalue weighted by molar-refractivity contribution is 0.140. The highest BCUT2D eigenvalue weighted by Gasteiger charge is 2.48. The monoisotopic (exact) mass is 263 g/mol. The summed E-state index contributed by atoms with van der Waals surface area (Å²) in [6.07, 6.45) is 6.17. The van der Waals surface area contributed by atoms with Crippen molar-refractivity contribution >= 4 is 6.03 Å². The molecule has 2 saturated heterocycles. The van der Waals surface area contributed by atoms with E-state index in [0.29, 0.717) is 6.04 Å². The van der Waals surface area contributed by atoms with Gasteiger partial charge in [0.1, 0.15) is 12.7 Å². The van der Waals surface area contributed by atoms with Gasteiger partial charge in [-0.15, -0.1) is 0 Å². The Morgan fingerprint density at radius 3 is 2.79 bits per heavy atom. The number of hydrogen-bond donors (Lipinski definition) is 0. The Morgan fingerprint density at radius 1 is 1.32 bits per heavy atom. The fourth-order valence-corrected chi connectivity index (χ4v) is 3.42. The maximum absolute atomic E-state index is 12.5. The van der Waals surface area contributed by atoms with E-state index in [9.17, 15) is 4.79 Å². The zero-order valence-electron chi connectivity index (χ0n) is 11.6. The summed E-state index contributed by atoms with van der Waals surface area (Å²) in [4.78, 5) is 20.9. The van der Waals surface area contributed by atoms with Gasteiger partial charge in [-0.2, -0.15) is 9.78 Å². The second kappa shape index (κ2) is 4.59. The molecule has 0 bridgehead atoms. The largest absolute Gasteiger partial charge is 0.346 e. The van der Waals surface area contributed by atoms with Gasteiger partial charge in [0.05, 0.1) is 5.54 Å². The van der Waals surface area contributed by atoms with Crippen molar-refractivity contribution in [2.45, 2.75) is 44.7 Å². The molecule has 2 aliphatic rings. The Balaban J connectivity index is 1.81. The first kappa shape index (κ1) is 12.6. The summed E-state index contributed by atoms with van der Waals surface area (Å²) in [6, 6.07) is 0.518. The quantitative estimate of drug-likeness (QED) is 0.764. The van der Waals surface area contributed by atoms with Gasteiger partial charge in [0.25, 0.3) is 0 Å². The van der Waals surface area contributed by atoms with E-state index in [1.807, 2.05) is 4.90 Å². The van der Waals surface area contributed by atoms with Crippen LogP contribution in [0.3, 0.4) is 0 Å². The minimum absolute atomic E-state index is 0.0211. The summed E-state index contributed by atoms with van der Waals surface area (Å²) in [7, 11) is 0. The molecular weight excluding hydrogens is 242 g/mol. The highest BCUT2D eigenvalue weighted by molar-refractivity contribution is 5.77. The molecular formula is C13H21N5O. The number of amides is 1. The zero-order chi connectivity index (χ0) is 13.5. The highest BCUT2D eigenvalue weighted by atomic mass is 16.2. The molecule has 1 amide bonds. The Bertz CT molecular complexity index is 458. The molecule has 6 nitrogen and oxygen atoms in total. The summed E-state index contributed by atoms with van der Waals surface area (Å²) in [5.74, 6) is 0. The van der Waals surface area contributed by atoms with E-state index >= 15 is 0 Å². The third-order valence-electron chi connectivity index (χ3n) is 4.53. The first-order valence-corrected chi connectivity index (χ1v) is 7.03. The van der Waals surface area contributed by atoms with Crippen LogP contribution in [0, 0.1) is 0 Å². The standard InChI is InChI=1S/C13H21N5O/c1-11(2)16-7-5-13(8-16)4-3-6-17(13)12(19)18-10-14-9-15-18/h9-11H,3-8H2,1-2H3. The summed E-state index contributed by atoms with van der Waals surface area (Å²) in [5, 5.41) is 3.97. The van der Waals surface area contributed by atoms with Crippen molar-refractivity contribution in [2.75, 3.05) is 19.6 Å². The van der Waals surface area contributed by atoms with Crippen LogP contribution in [0.25, 0.3) is 0 Å². The second-order valence-corrected chi connectivity index (χ2v) is 5.92. The molecule has 1 spiro atoms. The maximum Gasteiger partial charge on any atom is 0.346 e. The summed E-state index contributed by atoms with van der Waals surface area (Å²) in [5.41, 5.74) is 0.0211. The van der Waals surface area contributed by atoms with Gasteiger partial charge in [0, 0.05) is 25.7 Å². The minimum atomic E-state index is -0.0272. The molecule has 0 N–H and O–H groups in total. The Hall–Kier alpha value is -1.43. The molecule has 1 atom stereocenters. The normalized spacial score (nSPS) is 27.8. The lowest BCUT2D eigenvalue weighted by Crippen LogP contribution is -2.51. The molecule has 2 aliphatic heterocycles. The number of likely N-dealkylation sites (tertiary alicyclic amines) is 2. The summed E-state index contributed by atoms with van der Waals surface area (Å²) >= 11 is 0. The van der Waals surface area contributed by atoms with Crippen LogP contribution in [0.4, 0.5) is 4.79 Å². The van der Waals surface area contributed by atoms with Crippen molar-refractivity contribution < 1.29 is 4.79 Å². The molecule has 3 rings (SSSR count). The third kappa shape index (κ3) is 2.04. The molecule has 6 heteroatoms. The number of carbonyl (C=O) groups is 1. The molecule has 19 heavy (non-hydrogen) atoms. The molecule has 3 heterocycles. The number of carbonyl (C=O) groups excluding carboxylic acids is 1. The lowest BCUT2D eigenvalue weighted by atomic mass is 9.95. The predicted octanol–water partition coefficient (Wildman–Crippen LogP) is 1.19. The zero-order valence-corrected chi connectivity index (χ0v) is 11.6. The molecule has 0 saturated carbocycles. The van der Waals surface area contributed by atoms with Gasteiger partial charge in [0.15, 0.2) is 0 Å². The van der Waals surface area contributed by atoms with E-state index in [1.165, 1.54) is 17.3 Å². The van der Waals surface area contributed by atoms with Crippen molar-refractivity contribution in [2.24, 2.45) is 0 Å². The summed E-state index contributed by atoms with van der Waals surface area (Å²) < 4.78 is 1.35. The number of aromatic nitrogens is 3. The van der Waals surface area contributed by atoms with E-state index in [-0.39, 0.29) is 11.6 Å². The van der Waals surface area contributed by atoms with Gasteiger partial charge in [-0.3, -0.25) is 4.90 Å². The van der Waals surface area contributed by atoms with Crippen LogP contribution in [0.1, 0.15) is 33.1 Å². The van der Waals surface area contributed by atoms with Crippen LogP contribution >= 0.6 is 0 Å². The van der Waals surface area contributed by atoms with Crippen LogP contribution in [-0.2, 0) is 0 Å². The van der Waals surface area contributed by atoms with Gasteiger partial charge in [-0.25, -0.2) is 9.78 Å². The Kier molecular flexibility index (Phi) is 3.05. The van der Waals surface area contributed by atoms with Gasteiger partial charge < -0.3 is 4.90 Å². The topological polar surface area (TPSA) is 54.3 Å². The molecule has 1 unspecified atom stereocenters. The van der Waals surface area contributed by atoms with E-state index < -0.39 is 0 Å². The Morgan fingerprint density at radius 2 is 2.16 bits per heavy atom. The molecule has 104 valence electrons. The SMILES string of the molecule is CC(C)N1CCC2(CCCN2C(=O)n2cncn2)C1. The van der Waals surface area contributed by atoms with E-state index in [4.69, 9.17) is 0 Å². The van der Waals surface area contributed by atoms with E-state index in [2.05, 4.69) is 28.8 Å². The van der Waals surface area contributed by atoms with Crippen LogP contribution < -0.4 is 0 Å². The van der Waals surface area contributed by atoms with Gasteiger partial charge in [-0.1, -0.05) is 0 Å². The van der Waals surface area contributed by atoms with Crippen molar-refractivity contribution in [1.29, 1.82) is 0 Å².